The predicted octanol–water partition coefficient (Wildman–Crippen LogP) is 4.00. The SMILES string of the molecule is C/C=C/c1sc(-c2sc(C)c3c2OCCO3)c(O)c1O. The number of hydrogen-bond donors (Lipinski definition) is 2. The number of thiophene rings is 2. The van der Waals surface area contributed by atoms with Crippen LogP contribution >= 0.6 is 22.7 Å². The Hall–Kier alpha value is -1.66. The van der Waals surface area contributed by atoms with Crippen molar-refractivity contribution in [2.45, 2.75) is 13.8 Å². The van der Waals surface area contributed by atoms with Crippen LogP contribution in [0.15, 0.2) is 6.08 Å². The van der Waals surface area contributed by atoms with Crippen LogP contribution in [-0.4, -0.2) is 23.4 Å². The highest BCUT2D eigenvalue weighted by Gasteiger charge is 2.27. The molecular weight excluding hydrogens is 296 g/mol. The summed E-state index contributed by atoms with van der Waals surface area (Å²) in [4.78, 5) is 3.08. The van der Waals surface area contributed by atoms with E-state index in [0.717, 1.165) is 15.5 Å². The zero-order valence-electron chi connectivity index (χ0n) is 11.1. The molecule has 0 amide bonds. The van der Waals surface area contributed by atoms with Gasteiger partial charge in [0.2, 0.25) is 0 Å². The Balaban J connectivity index is 2.17. The summed E-state index contributed by atoms with van der Waals surface area (Å²) >= 11 is 2.84. The Labute approximate surface area is 124 Å². The highest BCUT2D eigenvalue weighted by Crippen LogP contribution is 2.56. The van der Waals surface area contributed by atoms with Gasteiger partial charge in [0.25, 0.3) is 0 Å². The van der Waals surface area contributed by atoms with E-state index in [1.807, 2.05) is 19.9 Å². The van der Waals surface area contributed by atoms with Gasteiger partial charge in [0, 0.05) is 4.88 Å². The Kier molecular flexibility index (Phi) is 3.35. The predicted molar refractivity (Wildman–Crippen MR) is 81.4 cm³/mol. The molecule has 0 saturated heterocycles. The fourth-order valence-electron chi connectivity index (χ4n) is 2.09. The van der Waals surface area contributed by atoms with Gasteiger partial charge in [-0.25, -0.2) is 0 Å². The largest absolute Gasteiger partial charge is 0.503 e. The van der Waals surface area contributed by atoms with Gasteiger partial charge in [0.15, 0.2) is 23.0 Å². The molecule has 20 heavy (non-hydrogen) atoms. The van der Waals surface area contributed by atoms with Gasteiger partial charge < -0.3 is 19.7 Å². The van der Waals surface area contributed by atoms with E-state index in [-0.39, 0.29) is 11.5 Å². The van der Waals surface area contributed by atoms with Gasteiger partial charge in [-0.3, -0.25) is 0 Å². The summed E-state index contributed by atoms with van der Waals surface area (Å²) in [5.41, 5.74) is 0. The molecule has 0 atom stereocenters. The third-order valence-electron chi connectivity index (χ3n) is 2.97. The van der Waals surface area contributed by atoms with Crippen LogP contribution in [-0.2, 0) is 0 Å². The maximum atomic E-state index is 10.1. The van der Waals surface area contributed by atoms with Crippen molar-refractivity contribution < 1.29 is 19.7 Å². The minimum absolute atomic E-state index is 0.0837. The average molecular weight is 310 g/mol. The van der Waals surface area contributed by atoms with E-state index in [1.54, 1.807) is 6.08 Å². The quantitative estimate of drug-likeness (QED) is 0.880. The lowest BCUT2D eigenvalue weighted by Crippen LogP contribution is -2.14. The molecule has 0 aliphatic carbocycles. The van der Waals surface area contributed by atoms with E-state index in [2.05, 4.69) is 0 Å². The number of hydrogen-bond acceptors (Lipinski definition) is 6. The topological polar surface area (TPSA) is 58.9 Å². The van der Waals surface area contributed by atoms with Crippen molar-refractivity contribution in [2.24, 2.45) is 0 Å². The van der Waals surface area contributed by atoms with E-state index in [0.29, 0.717) is 28.7 Å². The molecule has 0 spiro atoms. The van der Waals surface area contributed by atoms with E-state index in [4.69, 9.17) is 9.47 Å². The molecule has 4 nitrogen and oxygen atoms in total. The highest BCUT2D eigenvalue weighted by atomic mass is 32.1. The second-order valence-corrected chi connectivity index (χ2v) is 6.61. The average Bonchev–Trinajstić information content (AvgIpc) is 2.92. The Morgan fingerprint density at radius 3 is 2.40 bits per heavy atom. The first kappa shape index (κ1) is 13.3. The molecule has 2 aromatic rings. The standard InChI is InChI=1S/C14H14O4S2/c1-3-4-8-9(15)10(16)13(20-8)14-12-11(7(2)19-14)17-5-6-18-12/h3-4,15-16H,5-6H2,1-2H3/b4-3+. The lowest BCUT2D eigenvalue weighted by molar-refractivity contribution is 0.173. The molecule has 0 bridgehead atoms. The Bertz CT molecular complexity index is 682. The molecular formula is C14H14O4S2. The molecule has 0 radical (unpaired) electrons. The maximum absolute atomic E-state index is 10.1. The number of fused-ring (bicyclic) bond motifs is 1. The van der Waals surface area contributed by atoms with Gasteiger partial charge in [-0.05, 0) is 19.9 Å². The highest BCUT2D eigenvalue weighted by molar-refractivity contribution is 7.23. The lowest BCUT2D eigenvalue weighted by Gasteiger charge is -2.16. The van der Waals surface area contributed by atoms with E-state index in [9.17, 15) is 10.2 Å². The minimum Gasteiger partial charge on any atom is -0.503 e. The second kappa shape index (κ2) is 5.03. The number of aromatic hydroxyl groups is 2. The zero-order chi connectivity index (χ0) is 14.3. The van der Waals surface area contributed by atoms with Crippen molar-refractivity contribution in [1.82, 2.24) is 0 Å². The van der Waals surface area contributed by atoms with E-state index < -0.39 is 0 Å². The van der Waals surface area contributed by atoms with Gasteiger partial charge in [-0.2, -0.15) is 0 Å². The van der Waals surface area contributed by atoms with Crippen LogP contribution < -0.4 is 9.47 Å². The summed E-state index contributed by atoms with van der Waals surface area (Å²) in [7, 11) is 0. The first-order valence-corrected chi connectivity index (χ1v) is 7.83. The molecule has 2 N–H and O–H groups in total. The summed E-state index contributed by atoms with van der Waals surface area (Å²) in [6, 6.07) is 0. The molecule has 1 aliphatic heterocycles. The van der Waals surface area contributed by atoms with Crippen LogP contribution in [0.25, 0.3) is 15.8 Å². The molecule has 0 saturated carbocycles. The molecule has 106 valence electrons. The van der Waals surface area contributed by atoms with Crippen molar-refractivity contribution in [3.05, 3.63) is 15.8 Å². The third-order valence-corrected chi connectivity index (χ3v) is 5.34. The molecule has 3 heterocycles. The number of allylic oxidation sites excluding steroid dienone is 1. The van der Waals surface area contributed by atoms with Gasteiger partial charge in [0.05, 0.1) is 14.6 Å². The fraction of sp³-hybridized carbons (Fsp3) is 0.286. The van der Waals surface area contributed by atoms with Gasteiger partial charge in [-0.15, -0.1) is 22.7 Å². The van der Waals surface area contributed by atoms with Crippen LogP contribution in [0.5, 0.6) is 23.0 Å². The van der Waals surface area contributed by atoms with Crippen LogP contribution in [0.3, 0.4) is 0 Å². The second-order valence-electron chi connectivity index (χ2n) is 4.34. The zero-order valence-corrected chi connectivity index (χ0v) is 12.7. The molecule has 1 aliphatic rings. The molecule has 3 rings (SSSR count). The molecule has 0 fully saturated rings. The molecule has 0 unspecified atom stereocenters. The van der Waals surface area contributed by atoms with Crippen molar-refractivity contribution in [2.75, 3.05) is 13.2 Å². The van der Waals surface area contributed by atoms with Crippen molar-refractivity contribution in [3.63, 3.8) is 0 Å². The maximum Gasteiger partial charge on any atom is 0.181 e. The fourth-order valence-corrected chi connectivity index (χ4v) is 4.32. The van der Waals surface area contributed by atoms with Crippen LogP contribution in [0.2, 0.25) is 0 Å². The van der Waals surface area contributed by atoms with E-state index in [1.165, 1.54) is 22.7 Å². The number of ether oxygens (including phenoxy) is 2. The van der Waals surface area contributed by atoms with Gasteiger partial charge >= 0.3 is 0 Å². The van der Waals surface area contributed by atoms with Crippen LogP contribution in [0.4, 0.5) is 0 Å². The summed E-state index contributed by atoms with van der Waals surface area (Å²) in [6.07, 6.45) is 3.59. The van der Waals surface area contributed by atoms with Crippen molar-refractivity contribution >= 4 is 28.7 Å². The van der Waals surface area contributed by atoms with Crippen LogP contribution in [0.1, 0.15) is 16.7 Å². The summed E-state index contributed by atoms with van der Waals surface area (Å²) in [6.45, 7) is 4.86. The van der Waals surface area contributed by atoms with Crippen molar-refractivity contribution in [1.29, 1.82) is 0 Å². The Morgan fingerprint density at radius 1 is 1.00 bits per heavy atom. The third kappa shape index (κ3) is 1.96. The normalized spacial score (nSPS) is 14.1. The first-order chi connectivity index (χ1) is 9.63. The lowest BCUT2D eigenvalue weighted by atomic mass is 10.2. The summed E-state index contributed by atoms with van der Waals surface area (Å²) in [5.74, 6) is 1.24. The molecule has 6 heteroatoms. The summed E-state index contributed by atoms with van der Waals surface area (Å²) < 4.78 is 11.3. The van der Waals surface area contributed by atoms with E-state index >= 15 is 0 Å². The molecule has 2 aromatic heterocycles. The minimum atomic E-state index is -0.0960. The monoisotopic (exact) mass is 310 g/mol. The number of aryl methyl sites for hydroxylation is 1. The van der Waals surface area contributed by atoms with Gasteiger partial charge in [-0.1, -0.05) is 6.08 Å². The first-order valence-electron chi connectivity index (χ1n) is 6.20. The van der Waals surface area contributed by atoms with Crippen molar-refractivity contribution in [3.8, 4) is 32.8 Å². The smallest absolute Gasteiger partial charge is 0.181 e. The Morgan fingerprint density at radius 2 is 1.70 bits per heavy atom. The van der Waals surface area contributed by atoms with Crippen LogP contribution in [0, 0.1) is 6.92 Å². The molecule has 0 aromatic carbocycles. The van der Waals surface area contributed by atoms with Gasteiger partial charge in [0.1, 0.15) is 13.2 Å². The summed E-state index contributed by atoms with van der Waals surface area (Å²) in [5, 5.41) is 20.1. The number of rotatable bonds is 2.